The minimum Gasteiger partial charge on any atom is -0.361 e. The fourth-order valence-electron chi connectivity index (χ4n) is 5.11. The van der Waals surface area contributed by atoms with Gasteiger partial charge in [-0.15, -0.1) is 0 Å². The third kappa shape index (κ3) is 6.02. The second-order valence-electron chi connectivity index (χ2n) is 10.4. The number of likely N-dealkylation sites (tertiary alicyclic amines) is 1. The summed E-state index contributed by atoms with van der Waals surface area (Å²) < 4.78 is 0. The van der Waals surface area contributed by atoms with E-state index in [0.29, 0.717) is 25.9 Å². The van der Waals surface area contributed by atoms with Gasteiger partial charge in [0.05, 0.1) is 11.5 Å². The monoisotopic (exact) mass is 503 g/mol. The molecule has 5 N–H and O–H groups in total. The van der Waals surface area contributed by atoms with Gasteiger partial charge in [0, 0.05) is 43.2 Å². The maximum absolute atomic E-state index is 13.9. The van der Waals surface area contributed by atoms with E-state index in [9.17, 15) is 14.4 Å². The number of aromatic nitrogens is 1. The summed E-state index contributed by atoms with van der Waals surface area (Å²) in [5, 5.41) is 6.85. The van der Waals surface area contributed by atoms with Crippen molar-refractivity contribution >= 4 is 28.6 Å². The molecule has 2 heterocycles. The van der Waals surface area contributed by atoms with Crippen LogP contribution in [-0.4, -0.2) is 58.8 Å². The molecule has 3 atom stereocenters. The first-order chi connectivity index (χ1) is 17.7. The number of rotatable bonds is 8. The van der Waals surface area contributed by atoms with Crippen LogP contribution in [0.25, 0.3) is 10.9 Å². The van der Waals surface area contributed by atoms with E-state index in [4.69, 9.17) is 5.73 Å². The number of fused-ring (bicyclic) bond motifs is 1. The summed E-state index contributed by atoms with van der Waals surface area (Å²) in [6.45, 7) is 6.44. The Labute approximate surface area is 218 Å². The van der Waals surface area contributed by atoms with Crippen molar-refractivity contribution in [1.82, 2.24) is 20.5 Å². The number of benzene rings is 2. The Morgan fingerprint density at radius 2 is 1.81 bits per heavy atom. The van der Waals surface area contributed by atoms with E-state index in [1.807, 2.05) is 67.7 Å². The third-order valence-corrected chi connectivity index (χ3v) is 7.13. The Bertz CT molecular complexity index is 1250. The number of nitrogens with zero attached hydrogens (tertiary/aromatic N) is 1. The number of carbonyl (C=O) groups excluding carboxylic acids is 3. The van der Waals surface area contributed by atoms with Crippen LogP contribution in [0.15, 0.2) is 60.8 Å². The van der Waals surface area contributed by atoms with Crippen LogP contribution in [0.3, 0.4) is 0 Å². The van der Waals surface area contributed by atoms with Crippen LogP contribution in [-0.2, 0) is 20.8 Å². The average Bonchev–Trinajstić information content (AvgIpc) is 3.30. The van der Waals surface area contributed by atoms with Crippen LogP contribution < -0.4 is 16.4 Å². The zero-order chi connectivity index (χ0) is 26.6. The lowest BCUT2D eigenvalue weighted by Gasteiger charge is -2.39. The molecule has 2 unspecified atom stereocenters. The highest BCUT2D eigenvalue weighted by Crippen LogP contribution is 2.34. The van der Waals surface area contributed by atoms with E-state index in [2.05, 4.69) is 15.6 Å². The van der Waals surface area contributed by atoms with E-state index in [0.717, 1.165) is 22.0 Å². The molecule has 1 saturated heterocycles. The zero-order valence-corrected chi connectivity index (χ0v) is 21.8. The Morgan fingerprint density at radius 1 is 1.11 bits per heavy atom. The molecule has 4 rings (SSSR count). The molecular weight excluding hydrogens is 466 g/mol. The number of aromatic amines is 1. The minimum atomic E-state index is -1.14. The number of hydrogen-bond acceptors (Lipinski definition) is 4. The van der Waals surface area contributed by atoms with Crippen molar-refractivity contribution in [1.29, 1.82) is 0 Å². The van der Waals surface area contributed by atoms with Gasteiger partial charge in [0.2, 0.25) is 17.7 Å². The van der Waals surface area contributed by atoms with E-state index < -0.39 is 17.5 Å². The molecule has 3 amide bonds. The van der Waals surface area contributed by atoms with Crippen LogP contribution in [0.4, 0.5) is 0 Å². The molecule has 0 bridgehead atoms. The summed E-state index contributed by atoms with van der Waals surface area (Å²) >= 11 is 0. The van der Waals surface area contributed by atoms with Crippen molar-refractivity contribution in [2.24, 2.45) is 11.7 Å². The summed E-state index contributed by atoms with van der Waals surface area (Å²) in [5.74, 6) is -1.03. The second-order valence-corrected chi connectivity index (χ2v) is 10.4. The van der Waals surface area contributed by atoms with Gasteiger partial charge < -0.3 is 26.3 Å². The number of carbonyl (C=O) groups is 3. The molecule has 0 spiro atoms. The van der Waals surface area contributed by atoms with Crippen LogP contribution in [0, 0.1) is 5.92 Å². The number of piperidine rings is 1. The Morgan fingerprint density at radius 3 is 2.51 bits per heavy atom. The molecule has 0 saturated carbocycles. The molecule has 8 heteroatoms. The maximum atomic E-state index is 13.9. The molecular formula is C29H37N5O3. The SMILES string of the molecule is CCNC(=O)C1CN(C(=O)[C@@H](Cc2c[nH]c3ccccc23)NC(=O)C(C)(C)N)CCC1c1ccccc1. The molecule has 1 aromatic heterocycles. The highest BCUT2D eigenvalue weighted by molar-refractivity contribution is 5.93. The van der Waals surface area contributed by atoms with Crippen LogP contribution in [0.2, 0.25) is 0 Å². The number of amides is 3. The first-order valence-corrected chi connectivity index (χ1v) is 12.9. The van der Waals surface area contributed by atoms with Crippen molar-refractivity contribution < 1.29 is 14.4 Å². The first kappa shape index (κ1) is 26.4. The van der Waals surface area contributed by atoms with Gasteiger partial charge >= 0.3 is 0 Å². The smallest absolute Gasteiger partial charge is 0.245 e. The fourth-order valence-corrected chi connectivity index (χ4v) is 5.11. The molecule has 196 valence electrons. The quantitative estimate of drug-likeness (QED) is 0.378. The molecule has 1 aliphatic heterocycles. The summed E-state index contributed by atoms with van der Waals surface area (Å²) in [6, 6.07) is 17.0. The zero-order valence-electron chi connectivity index (χ0n) is 21.8. The van der Waals surface area contributed by atoms with Crippen molar-refractivity contribution in [3.05, 3.63) is 71.9 Å². The standard InChI is InChI=1S/C29H37N5O3/c1-4-31-26(35)23-18-34(15-14-21(23)19-10-6-5-7-11-19)27(36)25(33-28(37)29(2,3)30)16-20-17-32-24-13-9-8-12-22(20)24/h5-13,17,21,23,25,32H,4,14-16,18,30H2,1-3H3,(H,31,35)(H,33,37)/t21?,23?,25-/m1/s1. The van der Waals surface area contributed by atoms with Gasteiger partial charge in [-0.3, -0.25) is 14.4 Å². The minimum absolute atomic E-state index is 0.0152. The largest absolute Gasteiger partial charge is 0.361 e. The average molecular weight is 504 g/mol. The summed E-state index contributed by atoms with van der Waals surface area (Å²) in [6.07, 6.45) is 2.85. The van der Waals surface area contributed by atoms with Crippen molar-refractivity contribution in [2.75, 3.05) is 19.6 Å². The highest BCUT2D eigenvalue weighted by Gasteiger charge is 2.39. The lowest BCUT2D eigenvalue weighted by molar-refractivity contribution is -0.141. The lowest BCUT2D eigenvalue weighted by Crippen LogP contribution is -2.59. The number of para-hydroxylation sites is 1. The van der Waals surface area contributed by atoms with Crippen molar-refractivity contribution in [2.45, 2.75) is 51.1 Å². The van der Waals surface area contributed by atoms with Gasteiger partial charge in [-0.1, -0.05) is 48.5 Å². The first-order valence-electron chi connectivity index (χ1n) is 12.9. The number of H-pyrrole nitrogens is 1. The fraction of sp³-hybridized carbons (Fsp3) is 0.414. The normalized spacial score (nSPS) is 18.9. The summed E-state index contributed by atoms with van der Waals surface area (Å²) in [4.78, 5) is 44.8. The molecule has 2 aromatic carbocycles. The second kappa shape index (κ2) is 11.2. The maximum Gasteiger partial charge on any atom is 0.245 e. The molecule has 37 heavy (non-hydrogen) atoms. The lowest BCUT2D eigenvalue weighted by atomic mass is 9.79. The Balaban J connectivity index is 1.60. The molecule has 0 radical (unpaired) electrons. The molecule has 1 fully saturated rings. The van der Waals surface area contributed by atoms with Crippen LogP contribution in [0.1, 0.15) is 44.2 Å². The van der Waals surface area contributed by atoms with Crippen LogP contribution in [0.5, 0.6) is 0 Å². The van der Waals surface area contributed by atoms with Gasteiger partial charge in [-0.25, -0.2) is 0 Å². The third-order valence-electron chi connectivity index (χ3n) is 7.13. The molecule has 8 nitrogen and oxygen atoms in total. The number of nitrogens with two attached hydrogens (primary N) is 1. The van der Waals surface area contributed by atoms with E-state index in [-0.39, 0.29) is 30.2 Å². The highest BCUT2D eigenvalue weighted by atomic mass is 16.2. The number of hydrogen-bond donors (Lipinski definition) is 4. The van der Waals surface area contributed by atoms with Gasteiger partial charge in [0.1, 0.15) is 6.04 Å². The van der Waals surface area contributed by atoms with Crippen molar-refractivity contribution in [3.8, 4) is 0 Å². The summed E-state index contributed by atoms with van der Waals surface area (Å²) in [5.41, 5.74) is 7.91. The van der Waals surface area contributed by atoms with Gasteiger partial charge in [0.15, 0.2) is 0 Å². The molecule has 0 aliphatic carbocycles. The molecule has 1 aliphatic rings. The Kier molecular flexibility index (Phi) is 7.97. The Hall–Kier alpha value is -3.65. The van der Waals surface area contributed by atoms with Gasteiger partial charge in [-0.2, -0.15) is 0 Å². The molecule has 3 aromatic rings. The predicted octanol–water partition coefficient (Wildman–Crippen LogP) is 2.70. The number of nitrogens with one attached hydrogen (secondary N) is 3. The predicted molar refractivity (Wildman–Crippen MR) is 145 cm³/mol. The van der Waals surface area contributed by atoms with Crippen molar-refractivity contribution in [3.63, 3.8) is 0 Å². The van der Waals surface area contributed by atoms with E-state index in [1.54, 1.807) is 18.7 Å². The topological polar surface area (TPSA) is 120 Å². The van der Waals surface area contributed by atoms with Crippen LogP contribution >= 0.6 is 0 Å². The summed E-state index contributed by atoms with van der Waals surface area (Å²) in [7, 11) is 0. The van der Waals surface area contributed by atoms with E-state index >= 15 is 0 Å². The van der Waals surface area contributed by atoms with E-state index in [1.165, 1.54) is 0 Å². The van der Waals surface area contributed by atoms with Gasteiger partial charge in [0.25, 0.3) is 0 Å². The van der Waals surface area contributed by atoms with Gasteiger partial charge in [-0.05, 0) is 50.3 Å².